The van der Waals surface area contributed by atoms with Crippen LogP contribution in [0.4, 0.5) is 8.78 Å². The van der Waals surface area contributed by atoms with Gasteiger partial charge in [0.25, 0.3) is 0 Å². The Labute approximate surface area is 142 Å². The van der Waals surface area contributed by atoms with Gasteiger partial charge in [-0.3, -0.25) is 4.98 Å². The number of ether oxygens (including phenoxy) is 1. The zero-order chi connectivity index (χ0) is 16.4. The summed E-state index contributed by atoms with van der Waals surface area (Å²) in [5.41, 5.74) is 0.545. The van der Waals surface area contributed by atoms with E-state index < -0.39 is 17.7 Å². The maximum atomic E-state index is 14.2. The molecule has 1 saturated heterocycles. The van der Waals surface area contributed by atoms with Crippen LogP contribution >= 0.6 is 23.2 Å². The van der Waals surface area contributed by atoms with E-state index in [2.05, 4.69) is 10.3 Å². The van der Waals surface area contributed by atoms with E-state index in [9.17, 15) is 8.78 Å². The molecule has 2 aromatic rings. The molecule has 1 aliphatic heterocycles. The van der Waals surface area contributed by atoms with Crippen LogP contribution in [0.1, 0.15) is 18.1 Å². The monoisotopic (exact) mass is 358 g/mol. The van der Waals surface area contributed by atoms with Crippen LogP contribution in [0.25, 0.3) is 0 Å². The first kappa shape index (κ1) is 16.4. The van der Waals surface area contributed by atoms with Crippen molar-refractivity contribution in [1.82, 2.24) is 10.3 Å². The van der Waals surface area contributed by atoms with E-state index in [4.69, 9.17) is 27.9 Å². The highest BCUT2D eigenvalue weighted by molar-refractivity contribution is 6.35. The third kappa shape index (κ3) is 3.74. The summed E-state index contributed by atoms with van der Waals surface area (Å²) in [5.74, 6) is -1.14. The van der Waals surface area contributed by atoms with Crippen molar-refractivity contribution in [1.29, 1.82) is 0 Å². The van der Waals surface area contributed by atoms with Crippen LogP contribution in [0.5, 0.6) is 5.75 Å². The van der Waals surface area contributed by atoms with E-state index in [1.807, 2.05) is 0 Å². The molecule has 0 radical (unpaired) electrons. The van der Waals surface area contributed by atoms with Crippen molar-refractivity contribution in [3.05, 3.63) is 57.8 Å². The molecule has 1 fully saturated rings. The second-order valence-corrected chi connectivity index (χ2v) is 6.27. The lowest BCUT2D eigenvalue weighted by atomic mass is 9.96. The molecule has 1 N–H and O–H groups in total. The number of halogens is 4. The predicted octanol–water partition coefficient (Wildman–Crippen LogP) is 4.40. The van der Waals surface area contributed by atoms with Gasteiger partial charge in [-0.1, -0.05) is 23.2 Å². The van der Waals surface area contributed by atoms with Crippen LogP contribution in [0, 0.1) is 17.6 Å². The summed E-state index contributed by atoms with van der Waals surface area (Å²) in [7, 11) is 0. The van der Waals surface area contributed by atoms with Gasteiger partial charge in [-0.2, -0.15) is 0 Å². The molecule has 3 nitrogen and oxygen atoms in total. The lowest BCUT2D eigenvalue weighted by Gasteiger charge is -2.25. The predicted molar refractivity (Wildman–Crippen MR) is 85.0 cm³/mol. The van der Waals surface area contributed by atoms with Gasteiger partial charge in [-0.25, -0.2) is 8.78 Å². The SMILES string of the molecule is Fc1cncc(C(Oc2c(F)cc(Cl)cc2Cl)C2CCNC2)c1. The number of nitrogens with zero attached hydrogens (tertiary/aromatic N) is 1. The van der Waals surface area contributed by atoms with E-state index >= 15 is 0 Å². The number of aromatic nitrogens is 1. The molecule has 7 heteroatoms. The average molecular weight is 359 g/mol. The zero-order valence-corrected chi connectivity index (χ0v) is 13.5. The van der Waals surface area contributed by atoms with Crippen molar-refractivity contribution in [3.63, 3.8) is 0 Å². The number of benzene rings is 1. The van der Waals surface area contributed by atoms with Crippen molar-refractivity contribution in [2.75, 3.05) is 13.1 Å². The van der Waals surface area contributed by atoms with Crippen molar-refractivity contribution in [3.8, 4) is 5.75 Å². The highest BCUT2D eigenvalue weighted by Gasteiger charge is 2.30. The van der Waals surface area contributed by atoms with Gasteiger partial charge >= 0.3 is 0 Å². The van der Waals surface area contributed by atoms with E-state index in [1.165, 1.54) is 18.3 Å². The normalized spacial score (nSPS) is 18.9. The highest BCUT2D eigenvalue weighted by atomic mass is 35.5. The number of pyridine rings is 1. The Hall–Kier alpha value is -1.43. The van der Waals surface area contributed by atoms with Gasteiger partial charge in [0, 0.05) is 29.2 Å². The minimum absolute atomic E-state index is 0.0599. The summed E-state index contributed by atoms with van der Waals surface area (Å²) in [6.45, 7) is 1.51. The number of rotatable bonds is 4. The Morgan fingerprint density at radius 3 is 2.70 bits per heavy atom. The van der Waals surface area contributed by atoms with Gasteiger partial charge < -0.3 is 10.1 Å². The molecule has 2 unspecified atom stereocenters. The van der Waals surface area contributed by atoms with Crippen LogP contribution in [0.2, 0.25) is 10.0 Å². The summed E-state index contributed by atoms with van der Waals surface area (Å²) >= 11 is 11.8. The third-order valence-electron chi connectivity index (χ3n) is 3.79. The Morgan fingerprint density at radius 1 is 1.22 bits per heavy atom. The molecule has 2 atom stereocenters. The van der Waals surface area contributed by atoms with Gasteiger partial charge in [0.2, 0.25) is 0 Å². The van der Waals surface area contributed by atoms with Crippen LogP contribution in [0.3, 0.4) is 0 Å². The van der Waals surface area contributed by atoms with Crippen molar-refractivity contribution in [2.24, 2.45) is 5.92 Å². The van der Waals surface area contributed by atoms with Crippen molar-refractivity contribution < 1.29 is 13.5 Å². The van der Waals surface area contributed by atoms with Crippen LogP contribution < -0.4 is 10.1 Å². The largest absolute Gasteiger partial charge is 0.481 e. The van der Waals surface area contributed by atoms with Crippen LogP contribution in [0.15, 0.2) is 30.6 Å². The molecule has 1 aromatic carbocycles. The quantitative estimate of drug-likeness (QED) is 0.879. The van der Waals surface area contributed by atoms with Crippen LogP contribution in [-0.4, -0.2) is 18.1 Å². The number of hydrogen-bond acceptors (Lipinski definition) is 3. The minimum atomic E-state index is -0.650. The molecule has 1 aliphatic rings. The molecular weight excluding hydrogens is 345 g/mol. The number of hydrogen-bond donors (Lipinski definition) is 1. The summed E-state index contributed by atoms with van der Waals surface area (Å²) in [5, 5.41) is 3.48. The Morgan fingerprint density at radius 2 is 2.04 bits per heavy atom. The fraction of sp³-hybridized carbons (Fsp3) is 0.312. The van der Waals surface area contributed by atoms with E-state index in [0.29, 0.717) is 12.1 Å². The van der Waals surface area contributed by atoms with Gasteiger partial charge in [0.1, 0.15) is 11.9 Å². The highest BCUT2D eigenvalue weighted by Crippen LogP contribution is 2.38. The van der Waals surface area contributed by atoms with E-state index in [-0.39, 0.29) is 21.7 Å². The van der Waals surface area contributed by atoms with Gasteiger partial charge in [-0.05, 0) is 31.2 Å². The standard InChI is InChI=1S/C16H14Cl2F2N2O/c17-11-4-13(18)16(14(20)5-11)23-15(9-1-2-21-6-9)10-3-12(19)8-22-7-10/h3-5,7-9,15,21H,1-2,6H2. The first-order chi connectivity index (χ1) is 11.0. The Kier molecular flexibility index (Phi) is 4.99. The first-order valence-corrected chi connectivity index (χ1v) is 7.92. The fourth-order valence-corrected chi connectivity index (χ4v) is 3.24. The van der Waals surface area contributed by atoms with Gasteiger partial charge in [-0.15, -0.1) is 0 Å². The summed E-state index contributed by atoms with van der Waals surface area (Å²) < 4.78 is 33.5. The minimum Gasteiger partial charge on any atom is -0.481 e. The molecule has 0 aliphatic carbocycles. The molecule has 2 heterocycles. The first-order valence-electron chi connectivity index (χ1n) is 7.17. The molecule has 1 aromatic heterocycles. The third-order valence-corrected chi connectivity index (χ3v) is 4.29. The number of nitrogens with one attached hydrogen (secondary N) is 1. The second kappa shape index (κ2) is 6.99. The summed E-state index contributed by atoms with van der Waals surface area (Å²) in [6, 6.07) is 3.89. The van der Waals surface area contributed by atoms with Gasteiger partial charge in [0.15, 0.2) is 11.6 Å². The summed E-state index contributed by atoms with van der Waals surface area (Å²) in [4.78, 5) is 3.85. The second-order valence-electron chi connectivity index (χ2n) is 5.43. The lowest BCUT2D eigenvalue weighted by molar-refractivity contribution is 0.137. The molecular formula is C16H14Cl2F2N2O. The van der Waals surface area contributed by atoms with Gasteiger partial charge in [0.05, 0.1) is 11.2 Å². The topological polar surface area (TPSA) is 34.1 Å². The smallest absolute Gasteiger partial charge is 0.174 e. The molecule has 3 rings (SSSR count). The Balaban J connectivity index is 1.96. The van der Waals surface area contributed by atoms with Crippen molar-refractivity contribution in [2.45, 2.75) is 12.5 Å². The van der Waals surface area contributed by atoms with Crippen molar-refractivity contribution >= 4 is 23.2 Å². The van der Waals surface area contributed by atoms with E-state index in [1.54, 1.807) is 0 Å². The van der Waals surface area contributed by atoms with E-state index in [0.717, 1.165) is 25.2 Å². The molecule has 0 bridgehead atoms. The average Bonchev–Trinajstić information content (AvgIpc) is 3.00. The fourth-order valence-electron chi connectivity index (χ4n) is 2.72. The Bertz CT molecular complexity index is 685. The molecule has 122 valence electrons. The van der Waals surface area contributed by atoms with Crippen LogP contribution in [-0.2, 0) is 0 Å². The lowest BCUT2D eigenvalue weighted by Crippen LogP contribution is -2.22. The zero-order valence-electron chi connectivity index (χ0n) is 12.0. The maximum Gasteiger partial charge on any atom is 0.174 e. The maximum absolute atomic E-state index is 14.2. The summed E-state index contributed by atoms with van der Waals surface area (Å²) in [6.07, 6.45) is 2.91. The molecule has 0 amide bonds. The molecule has 0 saturated carbocycles. The molecule has 0 spiro atoms. The molecule has 23 heavy (non-hydrogen) atoms.